The molecule has 2 heteroatoms. The van der Waals surface area contributed by atoms with Gasteiger partial charge in [-0.1, -0.05) is 48.5 Å². The fourth-order valence-electron chi connectivity index (χ4n) is 2.91. The van der Waals surface area contributed by atoms with Gasteiger partial charge in [-0.05, 0) is 27.6 Å². The summed E-state index contributed by atoms with van der Waals surface area (Å²) >= 11 is 0. The Morgan fingerprint density at radius 1 is 0.762 bits per heavy atom. The summed E-state index contributed by atoms with van der Waals surface area (Å²) < 4.78 is 2.17. The molecule has 0 saturated heterocycles. The molecule has 0 radical (unpaired) electrons. The van der Waals surface area contributed by atoms with Gasteiger partial charge in [0.1, 0.15) is 0 Å². The van der Waals surface area contributed by atoms with Crippen molar-refractivity contribution in [2.75, 3.05) is 0 Å². The third kappa shape index (κ3) is 2.15. The highest BCUT2D eigenvalue weighted by Gasteiger charge is 2.11. The third-order valence-electron chi connectivity index (χ3n) is 3.91. The van der Waals surface area contributed by atoms with Crippen LogP contribution in [0.1, 0.15) is 5.56 Å². The molecule has 3 aromatic carbocycles. The molecular formula is C19H15N2+. The van der Waals surface area contributed by atoms with Gasteiger partial charge in [-0.2, -0.15) is 4.57 Å². The molecule has 0 amide bonds. The van der Waals surface area contributed by atoms with Gasteiger partial charge in [0.15, 0.2) is 18.9 Å². The molecule has 100 valence electrons. The van der Waals surface area contributed by atoms with Crippen molar-refractivity contribution in [2.24, 2.45) is 0 Å². The summed E-state index contributed by atoms with van der Waals surface area (Å²) in [4.78, 5) is 4.09. The van der Waals surface area contributed by atoms with Gasteiger partial charge in [-0.15, -0.1) is 0 Å². The predicted octanol–water partition coefficient (Wildman–Crippen LogP) is 3.72. The molecule has 2 nitrogen and oxygen atoms in total. The average molecular weight is 271 g/mol. The van der Waals surface area contributed by atoms with Gasteiger partial charge in [0, 0.05) is 5.56 Å². The van der Waals surface area contributed by atoms with Gasteiger partial charge >= 0.3 is 0 Å². The molecule has 21 heavy (non-hydrogen) atoms. The lowest BCUT2D eigenvalue weighted by atomic mass is 9.97. The second-order valence-corrected chi connectivity index (χ2v) is 5.22. The Kier molecular flexibility index (Phi) is 2.86. The van der Waals surface area contributed by atoms with Crippen LogP contribution in [0.4, 0.5) is 0 Å². The van der Waals surface area contributed by atoms with Gasteiger partial charge in [-0.3, -0.25) is 4.98 Å². The van der Waals surface area contributed by atoms with E-state index in [-0.39, 0.29) is 0 Å². The van der Waals surface area contributed by atoms with Crippen LogP contribution >= 0.6 is 0 Å². The first kappa shape index (κ1) is 12.0. The first-order valence-electron chi connectivity index (χ1n) is 7.10. The standard InChI is InChI=1S/C19H15N2/c1-3-7-17-15(5-1)13-16-6-2-4-8-18(16)19(17)14-21-11-9-20-10-12-21/h1-13H,14H2/q+1. The Hall–Kier alpha value is -2.74. The van der Waals surface area contributed by atoms with Crippen molar-refractivity contribution >= 4 is 21.5 Å². The molecule has 0 saturated carbocycles. The van der Waals surface area contributed by atoms with Crippen molar-refractivity contribution in [1.82, 2.24) is 4.98 Å². The maximum absolute atomic E-state index is 4.09. The quantitative estimate of drug-likeness (QED) is 0.401. The van der Waals surface area contributed by atoms with E-state index in [4.69, 9.17) is 0 Å². The van der Waals surface area contributed by atoms with Gasteiger partial charge in [-0.25, -0.2) is 0 Å². The number of fused-ring (bicyclic) bond motifs is 2. The molecule has 1 heterocycles. The van der Waals surface area contributed by atoms with Crippen LogP contribution in [-0.4, -0.2) is 4.98 Å². The van der Waals surface area contributed by atoms with Crippen LogP contribution in [0.25, 0.3) is 21.5 Å². The highest BCUT2D eigenvalue weighted by Crippen LogP contribution is 2.28. The summed E-state index contributed by atoms with van der Waals surface area (Å²) in [5.74, 6) is 0. The van der Waals surface area contributed by atoms with E-state index < -0.39 is 0 Å². The second kappa shape index (κ2) is 4.98. The Morgan fingerprint density at radius 3 is 1.95 bits per heavy atom. The number of benzene rings is 3. The number of hydrogen-bond acceptors (Lipinski definition) is 1. The Labute approximate surface area is 123 Å². The minimum atomic E-state index is 0.852. The van der Waals surface area contributed by atoms with E-state index in [1.807, 2.05) is 24.8 Å². The van der Waals surface area contributed by atoms with Crippen LogP contribution in [-0.2, 0) is 6.54 Å². The van der Waals surface area contributed by atoms with Crippen molar-refractivity contribution in [3.05, 3.63) is 84.9 Å². The first-order chi connectivity index (χ1) is 10.4. The van der Waals surface area contributed by atoms with E-state index >= 15 is 0 Å². The molecule has 0 bridgehead atoms. The Bertz CT molecular complexity index is 860. The summed E-state index contributed by atoms with van der Waals surface area (Å²) in [6.45, 7) is 0.852. The molecule has 0 atom stereocenters. The fraction of sp³-hybridized carbons (Fsp3) is 0.0526. The molecule has 0 N–H and O–H groups in total. The SMILES string of the molecule is c1ccc2c(C[n+]3ccncc3)c3ccccc3cc2c1. The van der Waals surface area contributed by atoms with Crippen LogP contribution < -0.4 is 4.57 Å². The fourth-order valence-corrected chi connectivity index (χ4v) is 2.91. The monoisotopic (exact) mass is 271 g/mol. The van der Waals surface area contributed by atoms with Crippen molar-refractivity contribution in [2.45, 2.75) is 6.54 Å². The maximum Gasteiger partial charge on any atom is 0.187 e. The van der Waals surface area contributed by atoms with Crippen LogP contribution in [0.15, 0.2) is 79.4 Å². The van der Waals surface area contributed by atoms with E-state index in [2.05, 4.69) is 64.1 Å². The molecule has 1 aromatic heterocycles. The van der Waals surface area contributed by atoms with Crippen LogP contribution in [0.5, 0.6) is 0 Å². The van der Waals surface area contributed by atoms with Crippen molar-refractivity contribution < 1.29 is 4.57 Å². The zero-order valence-electron chi connectivity index (χ0n) is 11.6. The molecule has 0 fully saturated rings. The Balaban J connectivity index is 2.02. The van der Waals surface area contributed by atoms with E-state index in [0.29, 0.717) is 0 Å². The minimum absolute atomic E-state index is 0.852. The number of nitrogens with zero attached hydrogens (tertiary/aromatic N) is 2. The van der Waals surface area contributed by atoms with Crippen LogP contribution in [0.3, 0.4) is 0 Å². The number of rotatable bonds is 2. The largest absolute Gasteiger partial charge is 0.252 e. The van der Waals surface area contributed by atoms with E-state index in [1.54, 1.807) is 0 Å². The lowest BCUT2D eigenvalue weighted by Crippen LogP contribution is -2.33. The first-order valence-corrected chi connectivity index (χ1v) is 7.10. The normalized spacial score (nSPS) is 11.0. The molecular weight excluding hydrogens is 256 g/mol. The maximum atomic E-state index is 4.09. The summed E-state index contributed by atoms with van der Waals surface area (Å²) in [7, 11) is 0. The van der Waals surface area contributed by atoms with Crippen molar-refractivity contribution in [3.63, 3.8) is 0 Å². The smallest absolute Gasteiger partial charge is 0.187 e. The third-order valence-corrected chi connectivity index (χ3v) is 3.91. The highest BCUT2D eigenvalue weighted by atomic mass is 14.9. The lowest BCUT2D eigenvalue weighted by Gasteiger charge is -2.09. The number of hydrogen-bond donors (Lipinski definition) is 0. The van der Waals surface area contributed by atoms with Gasteiger partial charge in [0.2, 0.25) is 0 Å². The molecule has 4 rings (SSSR count). The average Bonchev–Trinajstić information content (AvgIpc) is 2.55. The van der Waals surface area contributed by atoms with Crippen molar-refractivity contribution in [3.8, 4) is 0 Å². The topological polar surface area (TPSA) is 16.8 Å². The van der Waals surface area contributed by atoms with E-state index in [1.165, 1.54) is 27.1 Å². The van der Waals surface area contributed by atoms with E-state index in [9.17, 15) is 0 Å². The zero-order valence-corrected chi connectivity index (χ0v) is 11.6. The number of aromatic nitrogens is 2. The van der Waals surface area contributed by atoms with Crippen molar-refractivity contribution in [1.29, 1.82) is 0 Å². The summed E-state index contributed by atoms with van der Waals surface area (Å²) in [5, 5.41) is 5.22. The summed E-state index contributed by atoms with van der Waals surface area (Å²) in [5.41, 5.74) is 1.36. The van der Waals surface area contributed by atoms with Crippen LogP contribution in [0.2, 0.25) is 0 Å². The summed E-state index contributed by atoms with van der Waals surface area (Å²) in [6.07, 6.45) is 7.67. The Morgan fingerprint density at radius 2 is 1.33 bits per heavy atom. The molecule has 4 aromatic rings. The minimum Gasteiger partial charge on any atom is -0.252 e. The molecule has 0 aliphatic heterocycles. The summed E-state index contributed by atoms with van der Waals surface area (Å²) in [6, 6.07) is 19.5. The highest BCUT2D eigenvalue weighted by molar-refractivity contribution is 6.02. The zero-order chi connectivity index (χ0) is 14.1. The van der Waals surface area contributed by atoms with Gasteiger partial charge in [0.05, 0.1) is 12.4 Å². The van der Waals surface area contributed by atoms with Gasteiger partial charge < -0.3 is 0 Å². The molecule has 0 unspecified atom stereocenters. The van der Waals surface area contributed by atoms with E-state index in [0.717, 1.165) is 6.54 Å². The van der Waals surface area contributed by atoms with Gasteiger partial charge in [0.25, 0.3) is 0 Å². The molecule has 0 spiro atoms. The molecule has 0 aliphatic rings. The predicted molar refractivity (Wildman–Crippen MR) is 85.0 cm³/mol. The molecule has 0 aliphatic carbocycles. The lowest BCUT2D eigenvalue weighted by molar-refractivity contribution is -0.688. The second-order valence-electron chi connectivity index (χ2n) is 5.22. The van der Waals surface area contributed by atoms with Crippen LogP contribution in [0, 0.1) is 0 Å².